The summed E-state index contributed by atoms with van der Waals surface area (Å²) in [7, 11) is 0. The van der Waals surface area contributed by atoms with E-state index in [4.69, 9.17) is 11.6 Å². The van der Waals surface area contributed by atoms with E-state index in [2.05, 4.69) is 23.3 Å². The summed E-state index contributed by atoms with van der Waals surface area (Å²) in [4.78, 5) is 4.44. The van der Waals surface area contributed by atoms with Crippen molar-refractivity contribution in [3.63, 3.8) is 0 Å². The van der Waals surface area contributed by atoms with Gasteiger partial charge in [0.1, 0.15) is 0 Å². The predicted octanol–water partition coefficient (Wildman–Crippen LogP) is 3.89. The normalized spacial score (nSPS) is 17.6. The minimum Gasteiger partial charge on any atom is -0.306 e. The lowest BCUT2D eigenvalue weighted by Gasteiger charge is -2.23. The Hall–Kier alpha value is -0.860. The Balaban J connectivity index is 2.21. The standard InChI is InChI=1S/C14H19ClN2/c1-2-16-14(11-6-4-3-5-7-11)13-9-8-12(15)10-17-13/h6,8-10,14,16H,2-5,7H2,1H3. The molecule has 1 N–H and O–H groups in total. The molecule has 17 heavy (non-hydrogen) atoms. The van der Waals surface area contributed by atoms with Crippen molar-refractivity contribution in [3.05, 3.63) is 40.7 Å². The Morgan fingerprint density at radius 1 is 1.41 bits per heavy atom. The molecule has 1 unspecified atom stereocenters. The fourth-order valence-electron chi connectivity index (χ4n) is 2.31. The van der Waals surface area contributed by atoms with Gasteiger partial charge in [0.2, 0.25) is 0 Å². The molecule has 0 bridgehead atoms. The molecular formula is C14H19ClN2. The molecule has 0 saturated heterocycles. The first-order valence-electron chi connectivity index (χ1n) is 6.35. The Labute approximate surface area is 108 Å². The summed E-state index contributed by atoms with van der Waals surface area (Å²) >= 11 is 5.88. The highest BCUT2D eigenvalue weighted by atomic mass is 35.5. The lowest BCUT2D eigenvalue weighted by atomic mass is 9.92. The zero-order valence-corrected chi connectivity index (χ0v) is 11.0. The van der Waals surface area contributed by atoms with Crippen molar-refractivity contribution >= 4 is 11.6 Å². The number of likely N-dealkylation sites (N-methyl/N-ethyl adjacent to an activating group) is 1. The molecule has 3 heteroatoms. The third kappa shape index (κ3) is 3.30. The molecule has 1 aliphatic rings. The number of hydrogen-bond donors (Lipinski definition) is 1. The predicted molar refractivity (Wildman–Crippen MR) is 72.2 cm³/mol. The fourth-order valence-corrected chi connectivity index (χ4v) is 2.42. The highest BCUT2D eigenvalue weighted by Crippen LogP contribution is 2.29. The van der Waals surface area contributed by atoms with Gasteiger partial charge in [-0.3, -0.25) is 4.98 Å². The number of hydrogen-bond acceptors (Lipinski definition) is 2. The van der Waals surface area contributed by atoms with Crippen LogP contribution < -0.4 is 5.32 Å². The smallest absolute Gasteiger partial charge is 0.0710 e. The third-order valence-electron chi connectivity index (χ3n) is 3.15. The molecule has 1 heterocycles. The maximum Gasteiger partial charge on any atom is 0.0710 e. The van der Waals surface area contributed by atoms with Crippen molar-refractivity contribution in [3.8, 4) is 0 Å². The Morgan fingerprint density at radius 3 is 2.88 bits per heavy atom. The molecule has 1 aromatic rings. The van der Waals surface area contributed by atoms with E-state index < -0.39 is 0 Å². The van der Waals surface area contributed by atoms with Crippen molar-refractivity contribution in [2.24, 2.45) is 0 Å². The van der Waals surface area contributed by atoms with Crippen molar-refractivity contribution in [2.45, 2.75) is 38.6 Å². The van der Waals surface area contributed by atoms with Crippen LogP contribution in [-0.2, 0) is 0 Å². The number of nitrogens with zero attached hydrogens (tertiary/aromatic N) is 1. The van der Waals surface area contributed by atoms with Crippen LogP contribution in [0.2, 0.25) is 5.02 Å². The van der Waals surface area contributed by atoms with Crippen molar-refractivity contribution in [1.29, 1.82) is 0 Å². The molecule has 2 nitrogen and oxygen atoms in total. The molecule has 0 aliphatic heterocycles. The van der Waals surface area contributed by atoms with Crippen LogP contribution in [0.4, 0.5) is 0 Å². The zero-order chi connectivity index (χ0) is 12.1. The molecule has 0 aromatic carbocycles. The Kier molecular flexibility index (Phi) is 4.57. The van der Waals surface area contributed by atoms with Gasteiger partial charge in [-0.1, -0.05) is 30.2 Å². The summed E-state index contributed by atoms with van der Waals surface area (Å²) in [6.07, 6.45) is 9.09. The summed E-state index contributed by atoms with van der Waals surface area (Å²) in [6, 6.07) is 4.19. The van der Waals surface area contributed by atoms with Gasteiger partial charge in [-0.05, 0) is 44.4 Å². The SMILES string of the molecule is CCNC(C1=CCCCC1)c1ccc(Cl)cn1. The topological polar surface area (TPSA) is 24.9 Å². The summed E-state index contributed by atoms with van der Waals surface area (Å²) < 4.78 is 0. The van der Waals surface area contributed by atoms with Gasteiger partial charge >= 0.3 is 0 Å². The van der Waals surface area contributed by atoms with Gasteiger partial charge in [0.05, 0.1) is 16.8 Å². The van der Waals surface area contributed by atoms with Gasteiger partial charge in [-0.15, -0.1) is 0 Å². The van der Waals surface area contributed by atoms with Crippen LogP contribution in [0.5, 0.6) is 0 Å². The molecule has 0 spiro atoms. The zero-order valence-electron chi connectivity index (χ0n) is 10.2. The summed E-state index contributed by atoms with van der Waals surface area (Å²) in [5, 5.41) is 4.21. The van der Waals surface area contributed by atoms with Gasteiger partial charge in [0.15, 0.2) is 0 Å². The van der Waals surface area contributed by atoms with E-state index in [9.17, 15) is 0 Å². The number of rotatable bonds is 4. The van der Waals surface area contributed by atoms with E-state index in [0.29, 0.717) is 5.02 Å². The van der Waals surface area contributed by atoms with Crippen LogP contribution in [0.1, 0.15) is 44.3 Å². The number of aromatic nitrogens is 1. The summed E-state index contributed by atoms with van der Waals surface area (Å²) in [6.45, 7) is 3.08. The van der Waals surface area contributed by atoms with E-state index in [0.717, 1.165) is 12.2 Å². The second-order valence-electron chi connectivity index (χ2n) is 4.42. The highest BCUT2D eigenvalue weighted by Gasteiger charge is 2.18. The van der Waals surface area contributed by atoms with Gasteiger partial charge in [-0.25, -0.2) is 0 Å². The van der Waals surface area contributed by atoms with Gasteiger partial charge in [-0.2, -0.15) is 0 Å². The fraction of sp³-hybridized carbons (Fsp3) is 0.500. The van der Waals surface area contributed by atoms with Crippen LogP contribution in [0, 0.1) is 0 Å². The largest absolute Gasteiger partial charge is 0.306 e. The first kappa shape index (κ1) is 12.6. The molecule has 0 radical (unpaired) electrons. The number of pyridine rings is 1. The first-order valence-corrected chi connectivity index (χ1v) is 6.73. The van der Waals surface area contributed by atoms with Crippen molar-refractivity contribution in [1.82, 2.24) is 10.3 Å². The molecule has 1 atom stereocenters. The van der Waals surface area contributed by atoms with E-state index in [-0.39, 0.29) is 6.04 Å². The number of nitrogens with one attached hydrogen (secondary N) is 1. The molecule has 0 amide bonds. The first-order chi connectivity index (χ1) is 8.31. The molecule has 0 saturated carbocycles. The monoisotopic (exact) mass is 250 g/mol. The maximum absolute atomic E-state index is 5.88. The van der Waals surface area contributed by atoms with Crippen LogP contribution in [0.15, 0.2) is 30.0 Å². The van der Waals surface area contributed by atoms with E-state index >= 15 is 0 Å². The molecule has 2 rings (SSSR count). The van der Waals surface area contributed by atoms with E-state index in [1.165, 1.54) is 31.3 Å². The average Bonchev–Trinajstić information content (AvgIpc) is 2.38. The van der Waals surface area contributed by atoms with Crippen molar-refractivity contribution < 1.29 is 0 Å². The van der Waals surface area contributed by atoms with Crippen LogP contribution in [-0.4, -0.2) is 11.5 Å². The average molecular weight is 251 g/mol. The molecule has 1 aromatic heterocycles. The highest BCUT2D eigenvalue weighted by molar-refractivity contribution is 6.30. The summed E-state index contributed by atoms with van der Waals surface area (Å²) in [5.41, 5.74) is 2.55. The van der Waals surface area contributed by atoms with Gasteiger partial charge in [0.25, 0.3) is 0 Å². The third-order valence-corrected chi connectivity index (χ3v) is 3.37. The van der Waals surface area contributed by atoms with Crippen LogP contribution in [0.3, 0.4) is 0 Å². The quantitative estimate of drug-likeness (QED) is 0.821. The lowest BCUT2D eigenvalue weighted by molar-refractivity contribution is 0.554. The minimum absolute atomic E-state index is 0.262. The second-order valence-corrected chi connectivity index (χ2v) is 4.85. The van der Waals surface area contributed by atoms with Gasteiger partial charge < -0.3 is 5.32 Å². The maximum atomic E-state index is 5.88. The molecule has 0 fully saturated rings. The Bertz CT molecular complexity index is 384. The van der Waals surface area contributed by atoms with Crippen molar-refractivity contribution in [2.75, 3.05) is 6.54 Å². The number of allylic oxidation sites excluding steroid dienone is 1. The minimum atomic E-state index is 0.262. The number of halogens is 1. The van der Waals surface area contributed by atoms with E-state index in [1.54, 1.807) is 6.20 Å². The lowest BCUT2D eigenvalue weighted by Crippen LogP contribution is -2.24. The molecule has 1 aliphatic carbocycles. The van der Waals surface area contributed by atoms with Crippen LogP contribution in [0.25, 0.3) is 0 Å². The van der Waals surface area contributed by atoms with Crippen LogP contribution >= 0.6 is 11.6 Å². The van der Waals surface area contributed by atoms with Gasteiger partial charge in [0, 0.05) is 6.20 Å². The molecular weight excluding hydrogens is 232 g/mol. The second kappa shape index (κ2) is 6.18. The molecule has 92 valence electrons. The Morgan fingerprint density at radius 2 is 2.29 bits per heavy atom. The summed E-state index contributed by atoms with van der Waals surface area (Å²) in [5.74, 6) is 0. The van der Waals surface area contributed by atoms with E-state index in [1.807, 2.05) is 12.1 Å².